The maximum Gasteiger partial charge on any atom is 0.251 e. The van der Waals surface area contributed by atoms with Crippen molar-refractivity contribution in [1.29, 1.82) is 0 Å². The number of carbonyl (C=O) groups excluding carboxylic acids is 2. The highest BCUT2D eigenvalue weighted by molar-refractivity contribution is 9.10. The van der Waals surface area contributed by atoms with Crippen molar-refractivity contribution in [3.05, 3.63) is 63.6 Å². The summed E-state index contributed by atoms with van der Waals surface area (Å²) < 4.78 is 0.857. The predicted molar refractivity (Wildman–Crippen MR) is 100 cm³/mol. The summed E-state index contributed by atoms with van der Waals surface area (Å²) in [5.74, 6) is -0.193. The monoisotopic (exact) mass is 388 g/mol. The van der Waals surface area contributed by atoms with Crippen LogP contribution in [0, 0.1) is 13.8 Å². The van der Waals surface area contributed by atoms with Crippen LogP contribution in [0.25, 0.3) is 0 Å². The molecule has 4 nitrogen and oxygen atoms in total. The van der Waals surface area contributed by atoms with Gasteiger partial charge >= 0.3 is 0 Å². The minimum absolute atomic E-state index is 0.0413. The predicted octanol–water partition coefficient (Wildman–Crippen LogP) is 3.85. The number of halogens is 1. The molecule has 1 N–H and O–H groups in total. The second-order valence-corrected chi connectivity index (χ2v) is 6.57. The molecular weight excluding hydrogens is 368 g/mol. The molecule has 2 amide bonds. The third kappa shape index (κ3) is 4.45. The number of hydrogen-bond donors (Lipinski definition) is 1. The maximum absolute atomic E-state index is 12.2. The molecule has 0 radical (unpaired) electrons. The molecule has 2 rings (SSSR count). The van der Waals surface area contributed by atoms with Crippen molar-refractivity contribution in [2.24, 2.45) is 0 Å². The molecule has 126 valence electrons. The van der Waals surface area contributed by atoms with Crippen molar-refractivity contribution >= 4 is 33.4 Å². The number of aryl methyl sites for hydroxylation is 1. The zero-order chi connectivity index (χ0) is 17.7. The first-order valence-electron chi connectivity index (χ1n) is 7.78. The minimum Gasteiger partial charge on any atom is -0.350 e. The Bertz CT molecular complexity index is 759. The highest BCUT2D eigenvalue weighted by Gasteiger charge is 2.15. The lowest BCUT2D eigenvalue weighted by molar-refractivity contribution is -0.116. The summed E-state index contributed by atoms with van der Waals surface area (Å²) in [6.07, 6.45) is 0. The number of anilines is 1. The Morgan fingerprint density at radius 1 is 1.12 bits per heavy atom. The normalized spacial score (nSPS) is 10.3. The Balaban J connectivity index is 2.03. The quantitative estimate of drug-likeness (QED) is 0.845. The van der Waals surface area contributed by atoms with Crippen LogP contribution in [0.5, 0.6) is 0 Å². The fourth-order valence-electron chi connectivity index (χ4n) is 2.49. The van der Waals surface area contributed by atoms with Crippen LogP contribution in [0.4, 0.5) is 5.69 Å². The molecule has 0 aromatic heterocycles. The maximum atomic E-state index is 12.2. The van der Waals surface area contributed by atoms with Gasteiger partial charge in [-0.15, -0.1) is 0 Å². The van der Waals surface area contributed by atoms with Crippen LogP contribution in [0.15, 0.2) is 46.9 Å². The van der Waals surface area contributed by atoms with Crippen LogP contribution < -0.4 is 10.2 Å². The van der Waals surface area contributed by atoms with Gasteiger partial charge in [0, 0.05) is 35.7 Å². The molecule has 0 saturated heterocycles. The molecule has 0 spiro atoms. The average Bonchev–Trinajstić information content (AvgIpc) is 2.54. The third-order valence-corrected chi connectivity index (χ3v) is 4.45. The highest BCUT2D eigenvalue weighted by Crippen LogP contribution is 2.22. The second-order valence-electron chi connectivity index (χ2n) is 5.66. The van der Waals surface area contributed by atoms with Gasteiger partial charge in [-0.3, -0.25) is 9.59 Å². The summed E-state index contributed by atoms with van der Waals surface area (Å²) in [5, 5.41) is 2.86. The zero-order valence-electron chi connectivity index (χ0n) is 14.1. The number of nitrogens with zero attached hydrogens (tertiary/aromatic N) is 1. The molecule has 2 aromatic carbocycles. The van der Waals surface area contributed by atoms with Crippen molar-refractivity contribution < 1.29 is 9.59 Å². The number of carbonyl (C=O) groups is 2. The van der Waals surface area contributed by atoms with E-state index in [9.17, 15) is 9.59 Å². The summed E-state index contributed by atoms with van der Waals surface area (Å²) >= 11 is 3.35. The molecule has 0 aliphatic rings. The van der Waals surface area contributed by atoms with Gasteiger partial charge in [-0.05, 0) is 49.2 Å². The standard InChI is InChI=1S/C19H21BrN2O2/c1-13-6-4-9-18(14(13)2)22(15(3)23)11-10-21-19(24)16-7-5-8-17(20)12-16/h4-9,12H,10-11H2,1-3H3,(H,21,24). The van der Waals surface area contributed by atoms with Crippen molar-refractivity contribution in [2.75, 3.05) is 18.0 Å². The first kappa shape index (κ1) is 18.2. The first-order chi connectivity index (χ1) is 11.4. The summed E-state index contributed by atoms with van der Waals surface area (Å²) in [4.78, 5) is 25.9. The van der Waals surface area contributed by atoms with Gasteiger partial charge in [0.2, 0.25) is 5.91 Å². The lowest BCUT2D eigenvalue weighted by Gasteiger charge is -2.24. The van der Waals surface area contributed by atoms with E-state index in [2.05, 4.69) is 21.2 Å². The van der Waals surface area contributed by atoms with Crippen molar-refractivity contribution in [3.63, 3.8) is 0 Å². The summed E-state index contributed by atoms with van der Waals surface area (Å²) in [6, 6.07) is 13.1. The Kier molecular flexibility index (Phi) is 6.15. The topological polar surface area (TPSA) is 49.4 Å². The third-order valence-electron chi connectivity index (χ3n) is 3.95. The van der Waals surface area contributed by atoms with Crippen LogP contribution >= 0.6 is 15.9 Å². The van der Waals surface area contributed by atoms with E-state index in [1.807, 2.05) is 44.2 Å². The van der Waals surface area contributed by atoms with E-state index in [1.54, 1.807) is 17.0 Å². The molecule has 0 bridgehead atoms. The lowest BCUT2D eigenvalue weighted by Crippen LogP contribution is -2.38. The Labute approximate surface area is 151 Å². The fraction of sp³-hybridized carbons (Fsp3) is 0.263. The molecule has 0 unspecified atom stereocenters. The average molecular weight is 389 g/mol. The summed E-state index contributed by atoms with van der Waals surface area (Å²) in [7, 11) is 0. The number of hydrogen-bond acceptors (Lipinski definition) is 2. The molecule has 0 atom stereocenters. The molecule has 5 heteroatoms. The molecule has 0 fully saturated rings. The van der Waals surface area contributed by atoms with E-state index in [0.29, 0.717) is 18.7 Å². The first-order valence-corrected chi connectivity index (χ1v) is 8.57. The van der Waals surface area contributed by atoms with Gasteiger partial charge in [0.05, 0.1) is 0 Å². The number of rotatable bonds is 5. The number of nitrogens with one attached hydrogen (secondary N) is 1. The molecule has 0 aliphatic carbocycles. The second kappa shape index (κ2) is 8.11. The van der Waals surface area contributed by atoms with Crippen LogP contribution in [-0.4, -0.2) is 24.9 Å². The van der Waals surface area contributed by atoms with Crippen molar-refractivity contribution in [2.45, 2.75) is 20.8 Å². The molecule has 0 heterocycles. The molecule has 0 saturated carbocycles. The molecule has 0 aliphatic heterocycles. The van der Waals surface area contributed by atoms with E-state index in [4.69, 9.17) is 0 Å². The van der Waals surface area contributed by atoms with Gasteiger partial charge in [0.15, 0.2) is 0 Å². The van der Waals surface area contributed by atoms with Crippen molar-refractivity contribution in [3.8, 4) is 0 Å². The molecular formula is C19H21BrN2O2. The Morgan fingerprint density at radius 2 is 1.83 bits per heavy atom. The highest BCUT2D eigenvalue weighted by atomic mass is 79.9. The SMILES string of the molecule is CC(=O)N(CCNC(=O)c1cccc(Br)c1)c1cccc(C)c1C. The molecule has 2 aromatic rings. The molecule has 24 heavy (non-hydrogen) atoms. The van der Waals surface area contributed by atoms with Crippen LogP contribution in [0.1, 0.15) is 28.4 Å². The summed E-state index contributed by atoms with van der Waals surface area (Å²) in [5.41, 5.74) is 3.69. The Hall–Kier alpha value is -2.14. The van der Waals surface area contributed by atoms with E-state index in [-0.39, 0.29) is 11.8 Å². The van der Waals surface area contributed by atoms with Gasteiger partial charge in [-0.25, -0.2) is 0 Å². The lowest BCUT2D eigenvalue weighted by atomic mass is 10.1. The van der Waals surface area contributed by atoms with Gasteiger partial charge < -0.3 is 10.2 Å². The van der Waals surface area contributed by atoms with Crippen molar-refractivity contribution in [1.82, 2.24) is 5.32 Å². The number of benzene rings is 2. The van der Waals surface area contributed by atoms with Gasteiger partial charge in [0.1, 0.15) is 0 Å². The number of amides is 2. The van der Waals surface area contributed by atoms with E-state index >= 15 is 0 Å². The van der Waals surface area contributed by atoms with E-state index < -0.39 is 0 Å². The largest absolute Gasteiger partial charge is 0.350 e. The van der Waals surface area contributed by atoms with Crippen LogP contribution in [0.2, 0.25) is 0 Å². The zero-order valence-corrected chi connectivity index (χ0v) is 15.7. The van der Waals surface area contributed by atoms with Gasteiger partial charge in [-0.2, -0.15) is 0 Å². The smallest absolute Gasteiger partial charge is 0.251 e. The van der Waals surface area contributed by atoms with Crippen LogP contribution in [-0.2, 0) is 4.79 Å². The minimum atomic E-state index is -0.152. The van der Waals surface area contributed by atoms with E-state index in [0.717, 1.165) is 21.3 Å². The Morgan fingerprint density at radius 3 is 2.50 bits per heavy atom. The van der Waals surface area contributed by atoms with E-state index in [1.165, 1.54) is 6.92 Å². The van der Waals surface area contributed by atoms with Gasteiger partial charge in [-0.1, -0.05) is 34.1 Å². The van der Waals surface area contributed by atoms with Gasteiger partial charge in [0.25, 0.3) is 5.91 Å². The van der Waals surface area contributed by atoms with Crippen LogP contribution in [0.3, 0.4) is 0 Å². The fourth-order valence-corrected chi connectivity index (χ4v) is 2.89. The summed E-state index contributed by atoms with van der Waals surface area (Å²) in [6.45, 7) is 6.38.